The first-order valence-corrected chi connectivity index (χ1v) is 7.82. The maximum atomic E-state index is 12.8. The minimum atomic E-state index is -9.92. The summed E-state index contributed by atoms with van der Waals surface area (Å²) in [6, 6.07) is 1.78. The summed E-state index contributed by atoms with van der Waals surface area (Å²) in [5.41, 5.74) is -0.863. The monoisotopic (exact) mass is 373 g/mol. The predicted octanol–water partition coefficient (Wildman–Crippen LogP) is 4.84. The Kier molecular flexibility index (Phi) is 3.60. The first kappa shape index (κ1) is 17.7. The molecule has 0 unspecified atom stereocenters. The Hall–Kier alpha value is -2.70. The summed E-state index contributed by atoms with van der Waals surface area (Å²) in [6.45, 7) is 0. The molecule has 0 spiro atoms. The number of hydrogen-bond donors (Lipinski definition) is 0. The zero-order valence-electron chi connectivity index (χ0n) is 11.7. The van der Waals surface area contributed by atoms with Crippen LogP contribution in [-0.2, 0) is 0 Å². The number of rotatable bonds is 5. The molecule has 0 amide bonds. The van der Waals surface area contributed by atoms with Gasteiger partial charge in [0.05, 0.1) is 12.0 Å². The van der Waals surface area contributed by atoms with Crippen molar-refractivity contribution in [1.82, 2.24) is 9.97 Å². The van der Waals surface area contributed by atoms with Gasteiger partial charge in [0.15, 0.2) is 0 Å². The van der Waals surface area contributed by atoms with E-state index in [2.05, 4.69) is 14.7 Å². The van der Waals surface area contributed by atoms with Crippen LogP contribution in [0.1, 0.15) is 0 Å². The molecule has 7 nitrogen and oxygen atoms in total. The van der Waals surface area contributed by atoms with Crippen molar-refractivity contribution in [3.8, 4) is 17.5 Å². The van der Waals surface area contributed by atoms with Crippen LogP contribution in [-0.4, -0.2) is 22.0 Å². The zero-order chi connectivity index (χ0) is 18.2. The zero-order valence-corrected chi connectivity index (χ0v) is 12.5. The summed E-state index contributed by atoms with van der Waals surface area (Å²) in [4.78, 5) is 14.7. The third-order valence-corrected chi connectivity index (χ3v) is 3.74. The van der Waals surface area contributed by atoms with Gasteiger partial charge in [-0.05, 0) is 12.1 Å². The molecule has 13 heteroatoms. The van der Waals surface area contributed by atoms with Crippen LogP contribution in [0.4, 0.5) is 25.1 Å². The molecule has 0 aliphatic carbocycles. The fourth-order valence-corrected chi connectivity index (χ4v) is 2.29. The van der Waals surface area contributed by atoms with Gasteiger partial charge in [-0.1, -0.05) is 25.5 Å². The number of hydrogen-bond acceptors (Lipinski definition) is 6. The van der Waals surface area contributed by atoms with Crippen molar-refractivity contribution >= 4 is 15.9 Å². The highest BCUT2D eigenvalue weighted by molar-refractivity contribution is 8.45. The highest BCUT2D eigenvalue weighted by Gasteiger charge is 2.65. The van der Waals surface area contributed by atoms with E-state index in [0.29, 0.717) is 6.07 Å². The lowest BCUT2D eigenvalue weighted by atomic mass is 10.3. The molecule has 0 radical (unpaired) electrons. The summed E-state index contributed by atoms with van der Waals surface area (Å²) >= 11 is 0. The van der Waals surface area contributed by atoms with E-state index in [1.54, 1.807) is 0 Å². The van der Waals surface area contributed by atoms with Crippen molar-refractivity contribution in [1.29, 1.82) is 0 Å². The van der Waals surface area contributed by atoms with Crippen LogP contribution in [0, 0.1) is 10.1 Å². The minimum Gasteiger partial charge on any atom is -0.476 e. The predicted molar refractivity (Wildman–Crippen MR) is 73.2 cm³/mol. The molecule has 132 valence electrons. The first-order chi connectivity index (χ1) is 10.8. The Labute approximate surface area is 130 Å². The standard InChI is InChI=1S/C11H8F5N3O4S/c1-22-10-9(19(20)21)11(18-6-17-10)23-7-3-2-4-8(5-7)24(12,13,14,15)16/h2-6H,1H3. The van der Waals surface area contributed by atoms with Crippen molar-refractivity contribution in [3.63, 3.8) is 0 Å². The number of halogens is 5. The van der Waals surface area contributed by atoms with Gasteiger partial charge in [-0.15, -0.1) is 0 Å². The Bertz CT molecular complexity index is 815. The van der Waals surface area contributed by atoms with Gasteiger partial charge in [-0.25, -0.2) is 0 Å². The second kappa shape index (κ2) is 4.90. The van der Waals surface area contributed by atoms with Gasteiger partial charge in [-0.2, -0.15) is 9.97 Å². The van der Waals surface area contributed by atoms with Crippen molar-refractivity contribution in [2.45, 2.75) is 4.90 Å². The van der Waals surface area contributed by atoms with Crippen molar-refractivity contribution in [2.24, 2.45) is 0 Å². The number of benzene rings is 1. The van der Waals surface area contributed by atoms with Crippen LogP contribution in [0.2, 0.25) is 0 Å². The maximum Gasteiger partial charge on any atom is 0.392 e. The van der Waals surface area contributed by atoms with Crippen LogP contribution in [0.25, 0.3) is 0 Å². The molecule has 24 heavy (non-hydrogen) atoms. The molecule has 1 heterocycles. The lowest BCUT2D eigenvalue weighted by Gasteiger charge is -2.40. The largest absolute Gasteiger partial charge is 0.476 e. The van der Waals surface area contributed by atoms with Gasteiger partial charge in [0.1, 0.15) is 17.0 Å². The number of ether oxygens (including phenoxy) is 2. The van der Waals surface area contributed by atoms with E-state index in [-0.39, 0.29) is 12.1 Å². The second-order valence-corrected chi connectivity index (χ2v) is 6.75. The Morgan fingerprint density at radius 1 is 1.12 bits per heavy atom. The third kappa shape index (κ3) is 3.79. The highest BCUT2D eigenvalue weighted by Crippen LogP contribution is 3.02. The molecule has 0 bridgehead atoms. The molecule has 1 aromatic carbocycles. The van der Waals surface area contributed by atoms with Gasteiger partial charge in [0.2, 0.25) is 0 Å². The number of methoxy groups -OCH3 is 1. The lowest BCUT2D eigenvalue weighted by molar-refractivity contribution is -0.387. The van der Waals surface area contributed by atoms with E-state index in [0.717, 1.165) is 19.5 Å². The first-order valence-electron chi connectivity index (χ1n) is 5.87. The molecule has 1 aromatic heterocycles. The molecule has 0 fully saturated rings. The SMILES string of the molecule is COc1ncnc(Oc2cccc(S(F)(F)(F)(F)F)c2)c1[N+](=O)[O-]. The van der Waals surface area contributed by atoms with Crippen LogP contribution >= 0.6 is 10.2 Å². The molecule has 0 atom stereocenters. The van der Waals surface area contributed by atoms with E-state index in [1.807, 2.05) is 0 Å². The van der Waals surface area contributed by atoms with Gasteiger partial charge in [0.25, 0.3) is 0 Å². The van der Waals surface area contributed by atoms with Crippen LogP contribution in [0.3, 0.4) is 0 Å². The minimum absolute atomic E-state index is 0.0276. The van der Waals surface area contributed by atoms with Crippen molar-refractivity contribution in [2.75, 3.05) is 7.11 Å². The summed E-state index contributed by atoms with van der Waals surface area (Å²) in [7, 11) is -8.85. The normalized spacial score (nSPS) is 14.4. The van der Waals surface area contributed by atoms with E-state index < -0.39 is 43.2 Å². The number of nitrogens with zero attached hydrogens (tertiary/aromatic N) is 3. The van der Waals surface area contributed by atoms with E-state index in [1.165, 1.54) is 0 Å². The second-order valence-electron chi connectivity index (χ2n) is 4.34. The van der Waals surface area contributed by atoms with E-state index in [4.69, 9.17) is 4.74 Å². The lowest BCUT2D eigenvalue weighted by Crippen LogP contribution is -2.06. The molecule has 0 saturated heterocycles. The summed E-state index contributed by atoms with van der Waals surface area (Å²) < 4.78 is 73.4. The van der Waals surface area contributed by atoms with Crippen LogP contribution in [0.15, 0.2) is 35.5 Å². The Morgan fingerprint density at radius 2 is 1.75 bits per heavy atom. The van der Waals surface area contributed by atoms with Crippen LogP contribution in [0.5, 0.6) is 17.5 Å². The summed E-state index contributed by atoms with van der Waals surface area (Å²) in [5, 5.41) is 11.0. The molecule has 2 rings (SSSR count). The molecular weight excluding hydrogens is 365 g/mol. The van der Waals surface area contributed by atoms with Crippen molar-refractivity contribution in [3.05, 3.63) is 40.7 Å². The fourth-order valence-electron chi connectivity index (χ4n) is 1.62. The Morgan fingerprint density at radius 3 is 2.29 bits per heavy atom. The van der Waals surface area contributed by atoms with Gasteiger partial charge < -0.3 is 9.47 Å². The average molecular weight is 373 g/mol. The van der Waals surface area contributed by atoms with E-state index in [9.17, 15) is 29.5 Å². The Balaban J connectivity index is 2.50. The molecule has 0 aliphatic heterocycles. The number of aromatic nitrogens is 2. The number of nitro groups is 1. The molecule has 0 N–H and O–H groups in total. The third-order valence-electron chi connectivity index (χ3n) is 2.60. The van der Waals surface area contributed by atoms with Gasteiger partial charge >= 0.3 is 27.7 Å². The summed E-state index contributed by atoms with van der Waals surface area (Å²) in [6.07, 6.45) is 0.801. The molecule has 0 saturated carbocycles. The molecule has 0 aliphatic rings. The van der Waals surface area contributed by atoms with Crippen molar-refractivity contribution < 1.29 is 33.8 Å². The summed E-state index contributed by atoms with van der Waals surface area (Å²) in [5.74, 6) is -1.98. The topological polar surface area (TPSA) is 87.4 Å². The van der Waals surface area contributed by atoms with Gasteiger partial charge in [-0.3, -0.25) is 10.1 Å². The quantitative estimate of drug-likeness (QED) is 0.423. The van der Waals surface area contributed by atoms with Crippen LogP contribution < -0.4 is 9.47 Å². The molecular formula is C11H8F5N3O4S. The fraction of sp³-hybridized carbons (Fsp3) is 0.0909. The maximum absolute atomic E-state index is 12.8. The highest BCUT2D eigenvalue weighted by atomic mass is 32.5. The van der Waals surface area contributed by atoms with Gasteiger partial charge in [0, 0.05) is 6.07 Å². The smallest absolute Gasteiger partial charge is 0.392 e. The average Bonchev–Trinajstić information content (AvgIpc) is 2.44. The molecule has 2 aromatic rings. The van der Waals surface area contributed by atoms with E-state index >= 15 is 0 Å².